The maximum atomic E-state index is 6.09. The monoisotopic (exact) mass is 212 g/mol. The Hall–Kier alpha value is -1.41. The summed E-state index contributed by atoms with van der Waals surface area (Å²) in [4.78, 5) is 4.40. The van der Waals surface area contributed by atoms with E-state index < -0.39 is 0 Å². The molecule has 1 heterocycles. The van der Waals surface area contributed by atoms with E-state index in [9.17, 15) is 0 Å². The molecule has 2 heteroatoms. The molecule has 1 atom stereocenters. The molecule has 1 fully saturated rings. The molecule has 1 unspecified atom stereocenters. The third-order valence-corrected chi connectivity index (χ3v) is 3.84. The summed E-state index contributed by atoms with van der Waals surface area (Å²) in [6.45, 7) is 2.11. The lowest BCUT2D eigenvalue weighted by Crippen LogP contribution is -2.31. The molecule has 3 rings (SSSR count). The van der Waals surface area contributed by atoms with E-state index in [4.69, 9.17) is 5.73 Å². The van der Waals surface area contributed by atoms with Gasteiger partial charge in [-0.15, -0.1) is 0 Å². The maximum Gasteiger partial charge on any atom is 0.0704 e. The molecule has 1 aromatic carbocycles. The van der Waals surface area contributed by atoms with E-state index in [1.165, 1.54) is 23.8 Å². The van der Waals surface area contributed by atoms with Crippen molar-refractivity contribution in [1.29, 1.82) is 0 Å². The van der Waals surface area contributed by atoms with Crippen LogP contribution in [0.2, 0.25) is 0 Å². The van der Waals surface area contributed by atoms with Gasteiger partial charge in [-0.05, 0) is 37.5 Å². The minimum absolute atomic E-state index is 0.228. The molecule has 2 N–H and O–H groups in total. The molecule has 0 aliphatic heterocycles. The number of benzene rings is 1. The van der Waals surface area contributed by atoms with E-state index in [0.29, 0.717) is 0 Å². The van der Waals surface area contributed by atoms with Crippen molar-refractivity contribution >= 4 is 10.9 Å². The molecule has 2 nitrogen and oxygen atoms in total. The first-order chi connectivity index (χ1) is 7.72. The smallest absolute Gasteiger partial charge is 0.0704 e. The molecular weight excluding hydrogens is 196 g/mol. The van der Waals surface area contributed by atoms with E-state index in [1.54, 1.807) is 0 Å². The summed E-state index contributed by atoms with van der Waals surface area (Å²) in [5, 5.41) is 1.20. The van der Waals surface area contributed by atoms with Crippen molar-refractivity contribution < 1.29 is 0 Å². The van der Waals surface area contributed by atoms with Gasteiger partial charge in [0.2, 0.25) is 0 Å². The van der Waals surface area contributed by atoms with Gasteiger partial charge >= 0.3 is 0 Å². The van der Waals surface area contributed by atoms with Gasteiger partial charge in [0.15, 0.2) is 0 Å². The van der Waals surface area contributed by atoms with Crippen molar-refractivity contribution in [3.8, 4) is 0 Å². The summed E-state index contributed by atoms with van der Waals surface area (Å²) in [5.41, 5.74) is 8.75. The first-order valence-electron chi connectivity index (χ1n) is 5.83. The van der Waals surface area contributed by atoms with Gasteiger partial charge in [-0.2, -0.15) is 0 Å². The van der Waals surface area contributed by atoms with Crippen LogP contribution in [0.3, 0.4) is 0 Å². The van der Waals surface area contributed by atoms with Crippen LogP contribution in [0.25, 0.3) is 10.9 Å². The second-order valence-corrected chi connectivity index (χ2v) is 4.86. The van der Waals surface area contributed by atoms with Gasteiger partial charge in [-0.25, -0.2) is 0 Å². The number of hydrogen-bond donors (Lipinski definition) is 1. The van der Waals surface area contributed by atoms with Crippen LogP contribution in [0, 0.1) is 0 Å². The zero-order chi connectivity index (χ0) is 11.2. The molecule has 0 bridgehead atoms. The molecule has 1 aliphatic rings. The van der Waals surface area contributed by atoms with Crippen molar-refractivity contribution in [3.63, 3.8) is 0 Å². The summed E-state index contributed by atoms with van der Waals surface area (Å²) >= 11 is 0. The first kappa shape index (κ1) is 9.79. The van der Waals surface area contributed by atoms with Gasteiger partial charge in [0.05, 0.1) is 5.52 Å². The second-order valence-electron chi connectivity index (χ2n) is 4.86. The number of fused-ring (bicyclic) bond motifs is 1. The average Bonchev–Trinajstić information content (AvgIpc) is 3.09. The molecular formula is C14H16N2. The van der Waals surface area contributed by atoms with Crippen LogP contribution in [0.5, 0.6) is 0 Å². The predicted molar refractivity (Wildman–Crippen MR) is 66.3 cm³/mol. The Kier molecular flexibility index (Phi) is 2.01. The lowest BCUT2D eigenvalue weighted by molar-refractivity contribution is 0.557. The molecule has 2 aromatic rings. The van der Waals surface area contributed by atoms with E-state index in [-0.39, 0.29) is 11.5 Å². The van der Waals surface area contributed by atoms with Gasteiger partial charge < -0.3 is 5.73 Å². The molecule has 0 radical (unpaired) electrons. The van der Waals surface area contributed by atoms with Crippen LogP contribution in [0.4, 0.5) is 0 Å². The Balaban J connectivity index is 2.12. The van der Waals surface area contributed by atoms with Crippen molar-refractivity contribution in [2.75, 3.05) is 0 Å². The highest BCUT2D eigenvalue weighted by molar-refractivity contribution is 5.79. The fourth-order valence-corrected chi connectivity index (χ4v) is 2.52. The molecule has 0 amide bonds. The Morgan fingerprint density at radius 3 is 2.81 bits per heavy atom. The van der Waals surface area contributed by atoms with Crippen LogP contribution in [-0.4, -0.2) is 11.0 Å². The molecule has 1 aromatic heterocycles. The van der Waals surface area contributed by atoms with E-state index >= 15 is 0 Å². The fourth-order valence-electron chi connectivity index (χ4n) is 2.52. The van der Waals surface area contributed by atoms with Crippen LogP contribution in [0.1, 0.15) is 25.3 Å². The van der Waals surface area contributed by atoms with Crippen molar-refractivity contribution in [1.82, 2.24) is 4.98 Å². The standard InChI is InChI=1S/C14H16N2/c1-10(15)14(6-7-14)12-5-4-11-3-2-8-16-13(11)9-12/h2-5,8-10H,6-7,15H2,1H3. The number of nitrogens with zero attached hydrogens (tertiary/aromatic N) is 1. The van der Waals surface area contributed by atoms with Crippen LogP contribution in [-0.2, 0) is 5.41 Å². The number of nitrogens with two attached hydrogens (primary N) is 1. The topological polar surface area (TPSA) is 38.9 Å². The molecule has 0 saturated heterocycles. The predicted octanol–water partition coefficient (Wildman–Crippen LogP) is 2.61. The maximum absolute atomic E-state index is 6.09. The Labute approximate surface area is 95.5 Å². The highest BCUT2D eigenvalue weighted by atomic mass is 14.7. The zero-order valence-corrected chi connectivity index (χ0v) is 9.48. The highest BCUT2D eigenvalue weighted by Gasteiger charge is 2.47. The SMILES string of the molecule is CC(N)C1(c2ccc3cccnc3c2)CC1. The first-order valence-corrected chi connectivity index (χ1v) is 5.83. The normalized spacial score (nSPS) is 19.6. The minimum Gasteiger partial charge on any atom is -0.327 e. The minimum atomic E-state index is 0.228. The Morgan fingerprint density at radius 1 is 1.31 bits per heavy atom. The van der Waals surface area contributed by atoms with Crippen molar-refractivity contribution in [3.05, 3.63) is 42.1 Å². The molecule has 16 heavy (non-hydrogen) atoms. The van der Waals surface area contributed by atoms with Crippen LogP contribution < -0.4 is 5.73 Å². The van der Waals surface area contributed by atoms with Crippen molar-refractivity contribution in [2.45, 2.75) is 31.2 Å². The van der Waals surface area contributed by atoms with E-state index in [2.05, 4.69) is 36.2 Å². The average molecular weight is 212 g/mol. The summed E-state index contributed by atoms with van der Waals surface area (Å²) in [6, 6.07) is 10.9. The van der Waals surface area contributed by atoms with Crippen LogP contribution >= 0.6 is 0 Å². The quantitative estimate of drug-likeness (QED) is 0.831. The Bertz CT molecular complexity index is 527. The lowest BCUT2D eigenvalue weighted by Gasteiger charge is -2.20. The van der Waals surface area contributed by atoms with Gasteiger partial charge in [-0.3, -0.25) is 4.98 Å². The third-order valence-electron chi connectivity index (χ3n) is 3.84. The number of rotatable bonds is 2. The van der Waals surface area contributed by atoms with Crippen molar-refractivity contribution in [2.24, 2.45) is 5.73 Å². The fraction of sp³-hybridized carbons (Fsp3) is 0.357. The van der Waals surface area contributed by atoms with Gasteiger partial charge in [0, 0.05) is 23.0 Å². The third kappa shape index (κ3) is 1.34. The number of aromatic nitrogens is 1. The summed E-state index contributed by atoms with van der Waals surface area (Å²) < 4.78 is 0. The largest absolute Gasteiger partial charge is 0.327 e. The Morgan fingerprint density at radius 2 is 2.12 bits per heavy atom. The number of hydrogen-bond acceptors (Lipinski definition) is 2. The molecule has 1 saturated carbocycles. The second kappa shape index (κ2) is 3.29. The van der Waals surface area contributed by atoms with Gasteiger partial charge in [-0.1, -0.05) is 18.2 Å². The van der Waals surface area contributed by atoms with Gasteiger partial charge in [0.1, 0.15) is 0 Å². The van der Waals surface area contributed by atoms with E-state index in [1.807, 2.05) is 12.3 Å². The molecule has 82 valence electrons. The summed E-state index contributed by atoms with van der Waals surface area (Å²) in [6.07, 6.45) is 4.27. The zero-order valence-electron chi connectivity index (χ0n) is 9.48. The summed E-state index contributed by atoms with van der Waals surface area (Å²) in [7, 11) is 0. The lowest BCUT2D eigenvalue weighted by atomic mass is 9.89. The molecule has 0 spiro atoms. The van der Waals surface area contributed by atoms with E-state index in [0.717, 1.165) is 5.52 Å². The molecule has 1 aliphatic carbocycles. The number of pyridine rings is 1. The van der Waals surface area contributed by atoms with Gasteiger partial charge in [0.25, 0.3) is 0 Å². The summed E-state index contributed by atoms with van der Waals surface area (Å²) in [5.74, 6) is 0. The highest BCUT2D eigenvalue weighted by Crippen LogP contribution is 2.50. The van der Waals surface area contributed by atoms with Crippen LogP contribution in [0.15, 0.2) is 36.5 Å².